The molecule has 3 unspecified atom stereocenters. The number of anilines is 1. The number of carbonyl (C=O) groups excluding carboxylic acids is 1. The molecule has 3 N–H and O–H groups in total. The van der Waals surface area contributed by atoms with Crippen molar-refractivity contribution in [1.82, 2.24) is 5.32 Å². The molecule has 5 heteroatoms. The summed E-state index contributed by atoms with van der Waals surface area (Å²) < 4.78 is 5.32. The minimum absolute atomic E-state index is 0.0585. The minimum Gasteiger partial charge on any atom is -0.504 e. The predicted octanol–water partition coefficient (Wildman–Crippen LogP) is 4.76. The molecule has 0 bridgehead atoms. The molecule has 0 saturated heterocycles. The molecule has 2 aliphatic rings. The first-order valence-electron chi connectivity index (χ1n) is 10.4. The number of carbonyl (C=O) groups is 1. The van der Waals surface area contributed by atoms with Crippen LogP contribution in [0.2, 0.25) is 0 Å². The van der Waals surface area contributed by atoms with Crippen LogP contribution in [0.5, 0.6) is 11.5 Å². The van der Waals surface area contributed by atoms with Crippen LogP contribution in [0.1, 0.15) is 59.6 Å². The molecule has 2 aromatic carbocycles. The molecule has 0 radical (unpaired) electrons. The van der Waals surface area contributed by atoms with E-state index in [-0.39, 0.29) is 29.5 Å². The standard InChI is InChI=1S/C24H28N2O3/c1-3-4-14-25-24(28)19-12-6-10-17-15-8-5-9-16(15)21(26-22(17)19)18-11-7-13-20(29-2)23(18)27/h5-8,10-13,15-16,21,26-27H,3-4,9,14H2,1-2H3,(H,25,28). The molecule has 5 nitrogen and oxygen atoms in total. The van der Waals surface area contributed by atoms with Crippen LogP contribution in [0.15, 0.2) is 48.6 Å². The van der Waals surface area contributed by atoms with Crippen molar-refractivity contribution in [3.63, 3.8) is 0 Å². The zero-order chi connectivity index (χ0) is 20.4. The number of para-hydroxylation sites is 2. The maximum Gasteiger partial charge on any atom is 0.253 e. The molecule has 0 aromatic heterocycles. The molecule has 2 aromatic rings. The van der Waals surface area contributed by atoms with Gasteiger partial charge in [0.1, 0.15) is 0 Å². The molecule has 1 aliphatic carbocycles. The molecule has 1 aliphatic heterocycles. The monoisotopic (exact) mass is 392 g/mol. The number of nitrogens with one attached hydrogen (secondary N) is 2. The smallest absolute Gasteiger partial charge is 0.253 e. The second-order valence-electron chi connectivity index (χ2n) is 7.75. The Balaban J connectivity index is 1.74. The van der Waals surface area contributed by atoms with Gasteiger partial charge >= 0.3 is 0 Å². The van der Waals surface area contributed by atoms with E-state index in [0.29, 0.717) is 17.9 Å². The van der Waals surface area contributed by atoms with Crippen molar-refractivity contribution in [3.05, 3.63) is 65.2 Å². The SMILES string of the molecule is CCCCNC(=O)c1cccc2c1NC(c1cccc(OC)c1O)C1CC=CC21. The molecule has 4 rings (SSSR count). The van der Waals surface area contributed by atoms with E-state index < -0.39 is 0 Å². The van der Waals surface area contributed by atoms with Gasteiger partial charge in [0, 0.05) is 18.0 Å². The van der Waals surface area contributed by atoms with E-state index in [2.05, 4.69) is 35.8 Å². The van der Waals surface area contributed by atoms with Crippen LogP contribution in [-0.4, -0.2) is 24.7 Å². The lowest BCUT2D eigenvalue weighted by Gasteiger charge is -2.38. The lowest BCUT2D eigenvalue weighted by atomic mass is 9.76. The van der Waals surface area contributed by atoms with Crippen molar-refractivity contribution in [1.29, 1.82) is 0 Å². The molecular weight excluding hydrogens is 364 g/mol. The van der Waals surface area contributed by atoms with Gasteiger partial charge in [0.15, 0.2) is 11.5 Å². The van der Waals surface area contributed by atoms with Crippen molar-refractivity contribution >= 4 is 11.6 Å². The van der Waals surface area contributed by atoms with E-state index in [4.69, 9.17) is 4.74 Å². The van der Waals surface area contributed by atoms with E-state index >= 15 is 0 Å². The van der Waals surface area contributed by atoms with Gasteiger partial charge in [-0.05, 0) is 36.5 Å². The van der Waals surface area contributed by atoms with E-state index in [0.717, 1.165) is 36.1 Å². The summed E-state index contributed by atoms with van der Waals surface area (Å²) in [4.78, 5) is 12.9. The van der Waals surface area contributed by atoms with Gasteiger partial charge in [0.05, 0.1) is 24.4 Å². The highest BCUT2D eigenvalue weighted by molar-refractivity contribution is 6.00. The molecule has 0 saturated carbocycles. The molecule has 152 valence electrons. The fourth-order valence-electron chi connectivity index (χ4n) is 4.55. The largest absolute Gasteiger partial charge is 0.504 e. The summed E-state index contributed by atoms with van der Waals surface area (Å²) in [7, 11) is 1.56. The van der Waals surface area contributed by atoms with Crippen molar-refractivity contribution in [2.75, 3.05) is 19.0 Å². The van der Waals surface area contributed by atoms with Crippen molar-refractivity contribution in [2.24, 2.45) is 5.92 Å². The number of benzene rings is 2. The molecule has 1 heterocycles. The zero-order valence-electron chi connectivity index (χ0n) is 16.9. The third-order valence-electron chi connectivity index (χ3n) is 6.04. The van der Waals surface area contributed by atoms with Crippen LogP contribution < -0.4 is 15.4 Å². The van der Waals surface area contributed by atoms with Crippen LogP contribution in [-0.2, 0) is 0 Å². The van der Waals surface area contributed by atoms with E-state index in [9.17, 15) is 9.90 Å². The third-order valence-corrected chi connectivity index (χ3v) is 6.04. The van der Waals surface area contributed by atoms with Crippen LogP contribution in [0.3, 0.4) is 0 Å². The normalized spacial score (nSPS) is 21.8. The number of hydrogen-bond donors (Lipinski definition) is 3. The van der Waals surface area contributed by atoms with Gasteiger partial charge in [-0.15, -0.1) is 0 Å². The molecule has 1 amide bonds. The second kappa shape index (κ2) is 8.19. The Morgan fingerprint density at radius 3 is 2.83 bits per heavy atom. The topological polar surface area (TPSA) is 70.6 Å². The third kappa shape index (κ3) is 3.46. The number of fused-ring (bicyclic) bond motifs is 3. The Kier molecular flexibility index (Phi) is 5.47. The lowest BCUT2D eigenvalue weighted by Crippen LogP contribution is -2.32. The van der Waals surface area contributed by atoms with Gasteiger partial charge in [-0.1, -0.05) is 49.8 Å². The highest BCUT2D eigenvalue weighted by Crippen LogP contribution is 2.52. The van der Waals surface area contributed by atoms with Crippen LogP contribution in [0, 0.1) is 5.92 Å². The van der Waals surface area contributed by atoms with Gasteiger partial charge in [0.2, 0.25) is 0 Å². The summed E-state index contributed by atoms with van der Waals surface area (Å²) in [6.45, 7) is 2.78. The Bertz CT molecular complexity index is 938. The van der Waals surface area contributed by atoms with Crippen LogP contribution in [0.4, 0.5) is 5.69 Å². The number of hydrogen-bond acceptors (Lipinski definition) is 4. The van der Waals surface area contributed by atoms with E-state index in [1.165, 1.54) is 0 Å². The summed E-state index contributed by atoms with van der Waals surface area (Å²) in [6, 6.07) is 11.4. The van der Waals surface area contributed by atoms with Crippen molar-refractivity contribution in [2.45, 2.75) is 38.1 Å². The fraction of sp³-hybridized carbons (Fsp3) is 0.375. The average Bonchev–Trinajstić information content (AvgIpc) is 3.23. The number of phenols is 1. The number of phenolic OH excluding ortho intramolecular Hbond substituents is 1. The van der Waals surface area contributed by atoms with Gasteiger partial charge in [-0.25, -0.2) is 0 Å². The van der Waals surface area contributed by atoms with Gasteiger partial charge in [-0.2, -0.15) is 0 Å². The lowest BCUT2D eigenvalue weighted by molar-refractivity contribution is 0.0953. The first-order chi connectivity index (χ1) is 14.2. The highest BCUT2D eigenvalue weighted by Gasteiger charge is 2.40. The van der Waals surface area contributed by atoms with Gasteiger partial charge in [-0.3, -0.25) is 4.79 Å². The number of methoxy groups -OCH3 is 1. The number of unbranched alkanes of at least 4 members (excludes halogenated alkanes) is 1. The molecule has 29 heavy (non-hydrogen) atoms. The average molecular weight is 392 g/mol. The summed E-state index contributed by atoms with van der Waals surface area (Å²) in [5, 5.41) is 17.4. The number of ether oxygens (including phenoxy) is 1. The summed E-state index contributed by atoms with van der Waals surface area (Å²) in [6.07, 6.45) is 7.35. The van der Waals surface area contributed by atoms with E-state index in [1.54, 1.807) is 13.2 Å². The Labute approximate surface area is 171 Å². The molecular formula is C24H28N2O3. The molecule has 0 fully saturated rings. The Morgan fingerprint density at radius 2 is 2.03 bits per heavy atom. The molecule has 0 spiro atoms. The first kappa shape index (κ1) is 19.4. The first-order valence-corrected chi connectivity index (χ1v) is 10.4. The van der Waals surface area contributed by atoms with E-state index in [1.807, 2.05) is 24.3 Å². The number of allylic oxidation sites excluding steroid dienone is 2. The fourth-order valence-corrected chi connectivity index (χ4v) is 4.55. The summed E-state index contributed by atoms with van der Waals surface area (Å²) >= 11 is 0. The second-order valence-corrected chi connectivity index (χ2v) is 7.75. The summed E-state index contributed by atoms with van der Waals surface area (Å²) in [5.74, 6) is 1.05. The summed E-state index contributed by atoms with van der Waals surface area (Å²) in [5.41, 5.74) is 3.46. The maximum atomic E-state index is 12.9. The highest BCUT2D eigenvalue weighted by atomic mass is 16.5. The molecule has 3 atom stereocenters. The quantitative estimate of drug-likeness (QED) is 0.490. The van der Waals surface area contributed by atoms with Gasteiger partial charge in [0.25, 0.3) is 5.91 Å². The van der Waals surface area contributed by atoms with Crippen LogP contribution >= 0.6 is 0 Å². The predicted molar refractivity (Wildman–Crippen MR) is 115 cm³/mol. The van der Waals surface area contributed by atoms with Gasteiger partial charge < -0.3 is 20.5 Å². The Morgan fingerprint density at radius 1 is 1.24 bits per heavy atom. The Hall–Kier alpha value is -2.95. The number of amides is 1. The minimum atomic E-state index is -0.109. The van der Waals surface area contributed by atoms with Crippen molar-refractivity contribution in [3.8, 4) is 11.5 Å². The van der Waals surface area contributed by atoms with Crippen molar-refractivity contribution < 1.29 is 14.6 Å². The zero-order valence-corrected chi connectivity index (χ0v) is 16.9. The maximum absolute atomic E-state index is 12.9. The van der Waals surface area contributed by atoms with Crippen LogP contribution in [0.25, 0.3) is 0 Å². The number of rotatable bonds is 6. The number of aromatic hydroxyl groups is 1.